The second-order valence-corrected chi connectivity index (χ2v) is 6.34. The first-order valence-corrected chi connectivity index (χ1v) is 8.11. The van der Waals surface area contributed by atoms with Crippen molar-refractivity contribution in [3.05, 3.63) is 53.6 Å². The summed E-state index contributed by atoms with van der Waals surface area (Å²) in [5, 5.41) is 3.54. The van der Waals surface area contributed by atoms with E-state index in [0.29, 0.717) is 12.0 Å². The minimum atomic E-state index is 0.376. The fourth-order valence-corrected chi connectivity index (χ4v) is 4.43. The maximum Gasteiger partial charge on any atom is 0.126 e. The van der Waals surface area contributed by atoms with Gasteiger partial charge in [0.25, 0.3) is 0 Å². The van der Waals surface area contributed by atoms with E-state index in [1.54, 1.807) is 11.1 Å². The summed E-state index contributed by atoms with van der Waals surface area (Å²) < 4.78 is 2.28. The van der Waals surface area contributed by atoms with Crippen molar-refractivity contribution in [2.45, 2.75) is 38.3 Å². The van der Waals surface area contributed by atoms with Gasteiger partial charge >= 0.3 is 0 Å². The lowest BCUT2D eigenvalue weighted by Gasteiger charge is -2.17. The van der Waals surface area contributed by atoms with Crippen molar-refractivity contribution >= 4 is 0 Å². The molecule has 1 aromatic carbocycles. The van der Waals surface area contributed by atoms with Gasteiger partial charge in [0.05, 0.1) is 6.04 Å². The average Bonchev–Trinajstić information content (AvgIpc) is 3.06. The van der Waals surface area contributed by atoms with Gasteiger partial charge in [-0.25, -0.2) is 4.98 Å². The van der Waals surface area contributed by atoms with Gasteiger partial charge in [-0.15, -0.1) is 0 Å². The van der Waals surface area contributed by atoms with Crippen LogP contribution in [0.2, 0.25) is 0 Å². The Bertz CT molecular complexity index is 645. The molecule has 2 aromatic rings. The summed E-state index contributed by atoms with van der Waals surface area (Å²) in [6, 6.07) is 9.39. The molecule has 110 valence electrons. The van der Waals surface area contributed by atoms with Gasteiger partial charge in [0.2, 0.25) is 0 Å². The highest BCUT2D eigenvalue weighted by Crippen LogP contribution is 2.63. The zero-order valence-electron chi connectivity index (χ0n) is 12.8. The fraction of sp³-hybridized carbons (Fsp3) is 0.500. The molecule has 1 saturated carbocycles. The third kappa shape index (κ3) is 1.95. The molecule has 21 heavy (non-hydrogen) atoms. The molecule has 1 N–H and O–H groups in total. The number of rotatable bonds is 4. The normalized spacial score (nSPS) is 27.8. The summed E-state index contributed by atoms with van der Waals surface area (Å²) in [4.78, 5) is 4.63. The molecule has 2 aliphatic carbocycles. The number of nitrogens with zero attached hydrogens (tertiary/aromatic N) is 2. The van der Waals surface area contributed by atoms with Crippen molar-refractivity contribution in [1.29, 1.82) is 0 Å². The molecule has 0 bridgehead atoms. The monoisotopic (exact) mass is 281 g/mol. The summed E-state index contributed by atoms with van der Waals surface area (Å²) in [5.74, 6) is 3.47. The summed E-state index contributed by atoms with van der Waals surface area (Å²) in [6.45, 7) is 3.18. The van der Waals surface area contributed by atoms with E-state index in [-0.39, 0.29) is 0 Å². The Hall–Kier alpha value is -1.61. The summed E-state index contributed by atoms with van der Waals surface area (Å²) in [6.07, 6.45) is 6.60. The first-order chi connectivity index (χ1) is 10.3. The predicted octanol–water partition coefficient (Wildman–Crippen LogP) is 3.14. The van der Waals surface area contributed by atoms with Gasteiger partial charge in [-0.05, 0) is 55.7 Å². The van der Waals surface area contributed by atoms with Crippen LogP contribution in [0, 0.1) is 11.8 Å². The van der Waals surface area contributed by atoms with Crippen molar-refractivity contribution < 1.29 is 0 Å². The maximum absolute atomic E-state index is 4.63. The molecule has 0 spiro atoms. The molecule has 0 radical (unpaired) electrons. The van der Waals surface area contributed by atoms with Crippen LogP contribution in [0.3, 0.4) is 0 Å². The number of fused-ring (bicyclic) bond motifs is 3. The molecule has 4 unspecified atom stereocenters. The Morgan fingerprint density at radius 1 is 1.38 bits per heavy atom. The Kier molecular flexibility index (Phi) is 3.11. The van der Waals surface area contributed by atoms with Crippen LogP contribution in [0.4, 0.5) is 0 Å². The highest BCUT2D eigenvalue weighted by molar-refractivity contribution is 5.40. The van der Waals surface area contributed by atoms with Crippen LogP contribution in [0.25, 0.3) is 0 Å². The van der Waals surface area contributed by atoms with Crippen LogP contribution in [0.5, 0.6) is 0 Å². The lowest BCUT2D eigenvalue weighted by atomic mass is 9.92. The highest BCUT2D eigenvalue weighted by Gasteiger charge is 2.57. The van der Waals surface area contributed by atoms with Crippen molar-refractivity contribution in [3.8, 4) is 0 Å². The van der Waals surface area contributed by atoms with E-state index >= 15 is 0 Å². The Morgan fingerprint density at radius 2 is 2.24 bits per heavy atom. The summed E-state index contributed by atoms with van der Waals surface area (Å²) in [7, 11) is 2.08. The zero-order valence-corrected chi connectivity index (χ0v) is 12.8. The lowest BCUT2D eigenvalue weighted by molar-refractivity contribution is 0.444. The van der Waals surface area contributed by atoms with Gasteiger partial charge in [-0.2, -0.15) is 0 Å². The minimum absolute atomic E-state index is 0.376. The van der Waals surface area contributed by atoms with Crippen LogP contribution in [0.1, 0.15) is 42.3 Å². The molecular weight excluding hydrogens is 258 g/mol. The molecule has 3 heteroatoms. The van der Waals surface area contributed by atoms with Crippen LogP contribution >= 0.6 is 0 Å². The third-order valence-electron chi connectivity index (χ3n) is 5.45. The van der Waals surface area contributed by atoms with E-state index in [2.05, 4.69) is 59.3 Å². The van der Waals surface area contributed by atoms with Crippen molar-refractivity contribution in [2.24, 2.45) is 11.8 Å². The smallest absolute Gasteiger partial charge is 0.126 e. The largest absolute Gasteiger partial charge is 0.334 e. The summed E-state index contributed by atoms with van der Waals surface area (Å²) in [5.41, 5.74) is 3.16. The van der Waals surface area contributed by atoms with E-state index in [9.17, 15) is 0 Å². The minimum Gasteiger partial charge on any atom is -0.334 e. The number of hydrogen-bond acceptors (Lipinski definition) is 2. The number of imidazole rings is 1. The van der Waals surface area contributed by atoms with Crippen LogP contribution in [-0.2, 0) is 13.0 Å². The summed E-state index contributed by atoms with van der Waals surface area (Å²) >= 11 is 0. The maximum atomic E-state index is 4.63. The van der Waals surface area contributed by atoms with Gasteiger partial charge in [0, 0.05) is 18.9 Å². The molecule has 1 aromatic heterocycles. The van der Waals surface area contributed by atoms with Crippen LogP contribution in [-0.4, -0.2) is 16.6 Å². The van der Waals surface area contributed by atoms with E-state index in [0.717, 1.165) is 18.4 Å². The van der Waals surface area contributed by atoms with Crippen molar-refractivity contribution in [2.75, 3.05) is 7.05 Å². The fourth-order valence-electron chi connectivity index (χ4n) is 4.43. The molecule has 0 amide bonds. The molecular formula is C18H23N3. The van der Waals surface area contributed by atoms with Gasteiger partial charge in [0.15, 0.2) is 0 Å². The third-order valence-corrected chi connectivity index (χ3v) is 5.45. The molecule has 0 saturated heterocycles. The first-order valence-electron chi connectivity index (χ1n) is 8.11. The Balaban J connectivity index is 1.66. The molecule has 1 heterocycles. The van der Waals surface area contributed by atoms with Gasteiger partial charge < -0.3 is 9.88 Å². The van der Waals surface area contributed by atoms with E-state index in [4.69, 9.17) is 0 Å². The van der Waals surface area contributed by atoms with E-state index in [1.165, 1.54) is 18.7 Å². The predicted molar refractivity (Wildman–Crippen MR) is 84.2 cm³/mol. The van der Waals surface area contributed by atoms with Crippen molar-refractivity contribution in [1.82, 2.24) is 14.9 Å². The quantitative estimate of drug-likeness (QED) is 0.933. The molecule has 2 aliphatic rings. The first kappa shape index (κ1) is 13.1. The van der Waals surface area contributed by atoms with Gasteiger partial charge in [0.1, 0.15) is 5.82 Å². The Morgan fingerprint density at radius 3 is 3.05 bits per heavy atom. The molecule has 0 aliphatic heterocycles. The SMILES string of the molecule is CCn1ccnc1C(NC)C1C2CCc3ccccc3C21. The molecule has 4 atom stereocenters. The van der Waals surface area contributed by atoms with E-state index in [1.807, 2.05) is 6.20 Å². The topological polar surface area (TPSA) is 29.9 Å². The second kappa shape index (κ2) is 4.99. The number of nitrogens with one attached hydrogen (secondary N) is 1. The number of hydrogen-bond donors (Lipinski definition) is 1. The van der Waals surface area contributed by atoms with Crippen LogP contribution in [0.15, 0.2) is 36.7 Å². The number of aryl methyl sites for hydroxylation is 2. The lowest BCUT2D eigenvalue weighted by Crippen LogP contribution is -2.23. The van der Waals surface area contributed by atoms with E-state index < -0.39 is 0 Å². The average molecular weight is 281 g/mol. The standard InChI is InChI=1S/C18H23N3/c1-3-21-11-10-20-18(21)17(19-2)16-14-9-8-12-6-4-5-7-13(12)15(14)16/h4-7,10-11,14-17,19H,3,8-9H2,1-2H3. The molecule has 4 rings (SSSR count). The second-order valence-electron chi connectivity index (χ2n) is 6.34. The molecule has 3 nitrogen and oxygen atoms in total. The zero-order chi connectivity index (χ0) is 14.4. The van der Waals surface area contributed by atoms with Gasteiger partial charge in [-0.1, -0.05) is 24.3 Å². The number of aromatic nitrogens is 2. The van der Waals surface area contributed by atoms with Crippen molar-refractivity contribution in [3.63, 3.8) is 0 Å². The highest BCUT2D eigenvalue weighted by atomic mass is 15.1. The number of benzene rings is 1. The van der Waals surface area contributed by atoms with Gasteiger partial charge in [-0.3, -0.25) is 0 Å². The molecule has 1 fully saturated rings. The Labute approximate surface area is 126 Å². The van der Waals surface area contributed by atoms with Crippen LogP contribution < -0.4 is 5.32 Å².